The third-order valence-electron chi connectivity index (χ3n) is 12.3. The van der Waals surface area contributed by atoms with Crippen molar-refractivity contribution in [3.63, 3.8) is 0 Å². The Morgan fingerprint density at radius 3 is 2.26 bits per heavy atom. The van der Waals surface area contributed by atoms with Gasteiger partial charge in [0.1, 0.15) is 24.1 Å². The van der Waals surface area contributed by atoms with Crippen LogP contribution in [0.1, 0.15) is 101 Å². The van der Waals surface area contributed by atoms with Crippen LogP contribution in [-0.2, 0) is 23.9 Å². The topological polar surface area (TPSA) is 113 Å². The molecule has 218 valence electrons. The minimum Gasteiger partial charge on any atom is -0.460 e. The predicted octanol–water partition coefficient (Wildman–Crippen LogP) is 4.56. The van der Waals surface area contributed by atoms with Crippen LogP contribution < -0.4 is 0 Å². The summed E-state index contributed by atoms with van der Waals surface area (Å²) in [6.07, 6.45) is 0.596. The van der Waals surface area contributed by atoms with Gasteiger partial charge in [0.05, 0.1) is 11.7 Å². The highest BCUT2D eigenvalue weighted by Gasteiger charge is 2.72. The smallest absolute Gasteiger partial charge is 0.302 e. The Morgan fingerprint density at radius 2 is 1.69 bits per heavy atom. The fourth-order valence-corrected chi connectivity index (χ4v) is 10.3. The lowest BCUT2D eigenvalue weighted by molar-refractivity contribution is -0.227. The van der Waals surface area contributed by atoms with Gasteiger partial charge in [-0.1, -0.05) is 41.5 Å². The normalized spacial score (nSPS) is 45.7. The van der Waals surface area contributed by atoms with Gasteiger partial charge < -0.3 is 19.7 Å². The number of aliphatic hydroxyl groups is 2. The summed E-state index contributed by atoms with van der Waals surface area (Å²) in [6, 6.07) is 0. The number of epoxide rings is 1. The standard InChI is InChI=1S/C32H48O7/c1-16(14-19(38-17(2)33)27-29(5,6)39-27)22-18(34)15-32(9)23(22)24(36)25(37)26-30(7)12-11-21(35)28(3,4)20(30)10-13-31(26,32)8/h16,19-20,24-27,36-37H,10-15H2,1-9H3/t16-,19+,20?,24+,25+,26+,27-,30+,31+,32+/m1/s1. The molecule has 1 unspecified atom stereocenters. The molecule has 0 amide bonds. The Balaban J connectivity index is 1.54. The van der Waals surface area contributed by atoms with Crippen molar-refractivity contribution in [1.29, 1.82) is 0 Å². The van der Waals surface area contributed by atoms with Crippen molar-refractivity contribution in [2.24, 2.45) is 39.4 Å². The lowest BCUT2D eigenvalue weighted by atomic mass is 9.35. The number of ether oxygens (including phenoxy) is 2. The first-order valence-corrected chi connectivity index (χ1v) is 14.8. The molecular formula is C32H48O7. The number of Topliss-reactive ketones (excluding diaryl/α,β-unsaturated/α-hetero) is 2. The van der Waals surface area contributed by atoms with Crippen molar-refractivity contribution in [3.8, 4) is 0 Å². The van der Waals surface area contributed by atoms with Gasteiger partial charge in [-0.05, 0) is 73.7 Å². The molecule has 1 saturated heterocycles. The summed E-state index contributed by atoms with van der Waals surface area (Å²) < 4.78 is 11.5. The highest BCUT2D eigenvalue weighted by atomic mass is 16.6. The highest BCUT2D eigenvalue weighted by Crippen LogP contribution is 2.73. The molecule has 0 aromatic rings. The van der Waals surface area contributed by atoms with Crippen molar-refractivity contribution in [2.45, 2.75) is 131 Å². The van der Waals surface area contributed by atoms with Gasteiger partial charge >= 0.3 is 5.97 Å². The Kier molecular flexibility index (Phi) is 6.47. The molecule has 0 aromatic carbocycles. The molecule has 10 atom stereocenters. The largest absolute Gasteiger partial charge is 0.460 e. The van der Waals surface area contributed by atoms with E-state index < -0.39 is 40.2 Å². The minimum absolute atomic E-state index is 0.0112. The molecule has 0 spiro atoms. The number of allylic oxidation sites excluding steroid dienone is 1. The predicted molar refractivity (Wildman–Crippen MR) is 146 cm³/mol. The molecule has 1 aliphatic heterocycles. The Hall–Kier alpha value is -1.57. The Labute approximate surface area is 233 Å². The van der Waals surface area contributed by atoms with Gasteiger partial charge in [0.25, 0.3) is 0 Å². The van der Waals surface area contributed by atoms with Crippen LogP contribution in [0.3, 0.4) is 0 Å². The summed E-state index contributed by atoms with van der Waals surface area (Å²) in [6.45, 7) is 17.9. The van der Waals surface area contributed by atoms with E-state index in [0.29, 0.717) is 36.8 Å². The first-order valence-electron chi connectivity index (χ1n) is 14.8. The molecule has 1 heterocycles. The molecule has 4 aliphatic carbocycles. The van der Waals surface area contributed by atoms with E-state index in [1.54, 1.807) is 0 Å². The fraction of sp³-hybridized carbons (Fsp3) is 0.844. The average molecular weight is 545 g/mol. The third-order valence-corrected chi connectivity index (χ3v) is 12.3. The zero-order chi connectivity index (χ0) is 29.1. The number of carbonyl (C=O) groups excluding carboxylic acids is 3. The van der Waals surface area contributed by atoms with Gasteiger partial charge in [0, 0.05) is 36.2 Å². The molecule has 3 saturated carbocycles. The van der Waals surface area contributed by atoms with E-state index in [2.05, 4.69) is 20.8 Å². The zero-order valence-corrected chi connectivity index (χ0v) is 25.2. The van der Waals surface area contributed by atoms with E-state index in [0.717, 1.165) is 12.8 Å². The van der Waals surface area contributed by atoms with Crippen molar-refractivity contribution in [2.75, 3.05) is 0 Å². The van der Waals surface area contributed by atoms with Crippen LogP contribution in [0.4, 0.5) is 0 Å². The molecule has 39 heavy (non-hydrogen) atoms. The number of fused-ring (bicyclic) bond motifs is 5. The van der Waals surface area contributed by atoms with E-state index >= 15 is 0 Å². The minimum atomic E-state index is -1.16. The molecule has 2 N–H and O–H groups in total. The third kappa shape index (κ3) is 3.89. The maximum atomic E-state index is 13.8. The second kappa shape index (κ2) is 8.72. The number of aliphatic hydroxyl groups excluding tert-OH is 2. The van der Waals surface area contributed by atoms with Crippen LogP contribution in [-0.4, -0.2) is 57.8 Å². The second-order valence-electron chi connectivity index (χ2n) is 15.3. The van der Waals surface area contributed by atoms with Gasteiger partial charge in [0.15, 0.2) is 5.78 Å². The molecule has 0 radical (unpaired) electrons. The second-order valence-corrected chi connectivity index (χ2v) is 15.3. The number of hydrogen-bond donors (Lipinski definition) is 2. The SMILES string of the molecule is CC(=O)O[C@@H](C[C@@H](C)C1=C2[C@H](O)[C@H](O)[C@H]3[C@@]4(C)CCC(=O)C(C)(C)C4CC[C@]3(C)[C@@]2(C)CC1=O)[C@H]1OC1(C)C. The molecule has 7 nitrogen and oxygen atoms in total. The van der Waals surface area contributed by atoms with Crippen molar-refractivity contribution < 1.29 is 34.1 Å². The number of carbonyl (C=O) groups is 3. The zero-order valence-electron chi connectivity index (χ0n) is 25.2. The van der Waals surface area contributed by atoms with E-state index in [-0.39, 0.29) is 46.8 Å². The van der Waals surface area contributed by atoms with Crippen LogP contribution in [0.25, 0.3) is 0 Å². The van der Waals surface area contributed by atoms with Crippen molar-refractivity contribution in [3.05, 3.63) is 11.1 Å². The van der Waals surface area contributed by atoms with Crippen LogP contribution in [0.15, 0.2) is 11.1 Å². The molecule has 5 aliphatic rings. The van der Waals surface area contributed by atoms with E-state index in [4.69, 9.17) is 9.47 Å². The summed E-state index contributed by atoms with van der Waals surface area (Å²) in [5.74, 6) is -0.500. The summed E-state index contributed by atoms with van der Waals surface area (Å²) >= 11 is 0. The van der Waals surface area contributed by atoms with Crippen LogP contribution in [0.5, 0.6) is 0 Å². The van der Waals surface area contributed by atoms with E-state index in [1.165, 1.54) is 6.92 Å². The van der Waals surface area contributed by atoms with Gasteiger partial charge in [-0.15, -0.1) is 0 Å². The van der Waals surface area contributed by atoms with E-state index in [9.17, 15) is 24.6 Å². The molecule has 0 aromatic heterocycles. The van der Waals surface area contributed by atoms with Crippen molar-refractivity contribution >= 4 is 17.5 Å². The summed E-state index contributed by atoms with van der Waals surface area (Å²) in [4.78, 5) is 38.7. The lowest BCUT2D eigenvalue weighted by Gasteiger charge is -2.69. The number of rotatable bonds is 5. The number of ketones is 2. The van der Waals surface area contributed by atoms with Gasteiger partial charge in [0.2, 0.25) is 0 Å². The Morgan fingerprint density at radius 1 is 1.08 bits per heavy atom. The van der Waals surface area contributed by atoms with Crippen LogP contribution in [0, 0.1) is 39.4 Å². The van der Waals surface area contributed by atoms with Gasteiger partial charge in [-0.2, -0.15) is 0 Å². The van der Waals surface area contributed by atoms with Gasteiger partial charge in [-0.25, -0.2) is 0 Å². The maximum absolute atomic E-state index is 13.8. The molecule has 7 heteroatoms. The first kappa shape index (κ1) is 28.9. The number of hydrogen-bond acceptors (Lipinski definition) is 7. The summed E-state index contributed by atoms with van der Waals surface area (Å²) in [5.41, 5.74) is -0.962. The van der Waals surface area contributed by atoms with Crippen molar-refractivity contribution in [1.82, 2.24) is 0 Å². The highest BCUT2D eigenvalue weighted by molar-refractivity contribution is 6.01. The molecular weight excluding hydrogens is 496 g/mol. The van der Waals surface area contributed by atoms with Gasteiger partial charge in [-0.3, -0.25) is 14.4 Å². The monoisotopic (exact) mass is 544 g/mol. The fourth-order valence-electron chi connectivity index (χ4n) is 10.3. The average Bonchev–Trinajstić information content (AvgIpc) is 3.34. The number of esters is 1. The van der Waals surface area contributed by atoms with Crippen LogP contribution in [0.2, 0.25) is 0 Å². The summed E-state index contributed by atoms with van der Waals surface area (Å²) in [7, 11) is 0. The quantitative estimate of drug-likeness (QED) is 0.385. The lowest BCUT2D eigenvalue weighted by Crippen LogP contribution is -2.68. The Bertz CT molecular complexity index is 1140. The van der Waals surface area contributed by atoms with Crippen LogP contribution >= 0.6 is 0 Å². The molecule has 0 bridgehead atoms. The molecule has 5 rings (SSSR count). The summed E-state index contributed by atoms with van der Waals surface area (Å²) in [5, 5.41) is 23.8. The molecule has 4 fully saturated rings. The maximum Gasteiger partial charge on any atom is 0.302 e. The first-order chi connectivity index (χ1) is 17.8. The van der Waals surface area contributed by atoms with E-state index in [1.807, 2.05) is 34.6 Å².